The molecule has 2 aliphatic rings. The first kappa shape index (κ1) is 13.3. The van der Waals surface area contributed by atoms with Crippen molar-refractivity contribution in [3.8, 4) is 0 Å². The molecule has 0 bridgehead atoms. The standard InChI is InChI=1S/C15H22ClN3/c1-18-8-3-5-12-10-19(9-6-14(12)18)11-13-4-2-7-17-15(13)16/h2,4,7,12,14H,3,5-6,8-11H2,1H3. The number of hydrogen-bond acceptors (Lipinski definition) is 3. The van der Waals surface area contributed by atoms with E-state index < -0.39 is 0 Å². The molecule has 3 rings (SSSR count). The van der Waals surface area contributed by atoms with Crippen LogP contribution in [0.25, 0.3) is 0 Å². The van der Waals surface area contributed by atoms with Gasteiger partial charge in [0.15, 0.2) is 0 Å². The summed E-state index contributed by atoms with van der Waals surface area (Å²) in [6, 6.07) is 4.87. The lowest BCUT2D eigenvalue weighted by Crippen LogP contribution is -2.52. The topological polar surface area (TPSA) is 19.4 Å². The van der Waals surface area contributed by atoms with E-state index >= 15 is 0 Å². The largest absolute Gasteiger partial charge is 0.303 e. The van der Waals surface area contributed by atoms with Gasteiger partial charge in [-0.1, -0.05) is 17.7 Å². The fraction of sp³-hybridized carbons (Fsp3) is 0.667. The number of likely N-dealkylation sites (tertiary alicyclic amines) is 2. The number of halogens is 1. The van der Waals surface area contributed by atoms with Crippen molar-refractivity contribution in [3.63, 3.8) is 0 Å². The van der Waals surface area contributed by atoms with Gasteiger partial charge in [0.05, 0.1) is 0 Å². The van der Waals surface area contributed by atoms with Gasteiger partial charge in [-0.05, 0) is 51.4 Å². The molecular formula is C15H22ClN3. The number of piperidine rings is 2. The summed E-state index contributed by atoms with van der Waals surface area (Å²) in [5, 5.41) is 0.658. The van der Waals surface area contributed by atoms with E-state index in [4.69, 9.17) is 11.6 Å². The van der Waals surface area contributed by atoms with Crippen molar-refractivity contribution in [3.05, 3.63) is 29.0 Å². The molecular weight excluding hydrogens is 258 g/mol. The Hall–Kier alpha value is -0.640. The Balaban J connectivity index is 1.64. The second-order valence-corrected chi connectivity index (χ2v) is 6.29. The van der Waals surface area contributed by atoms with Crippen LogP contribution in [0, 0.1) is 5.92 Å². The normalized spacial score (nSPS) is 29.2. The highest BCUT2D eigenvalue weighted by atomic mass is 35.5. The molecule has 1 aromatic rings. The summed E-state index contributed by atoms with van der Waals surface area (Å²) >= 11 is 6.16. The third kappa shape index (κ3) is 2.93. The lowest BCUT2D eigenvalue weighted by Gasteiger charge is -2.46. The minimum atomic E-state index is 0.658. The first-order valence-electron chi connectivity index (χ1n) is 7.26. The molecule has 0 amide bonds. The van der Waals surface area contributed by atoms with Gasteiger partial charge in [-0.2, -0.15) is 0 Å². The Morgan fingerprint density at radius 1 is 1.37 bits per heavy atom. The van der Waals surface area contributed by atoms with Crippen molar-refractivity contribution in [2.45, 2.75) is 31.8 Å². The number of rotatable bonds is 2. The molecule has 2 fully saturated rings. The van der Waals surface area contributed by atoms with E-state index in [1.807, 2.05) is 6.07 Å². The molecule has 2 saturated heterocycles. The zero-order chi connectivity index (χ0) is 13.2. The summed E-state index contributed by atoms with van der Waals surface area (Å²) < 4.78 is 0. The minimum Gasteiger partial charge on any atom is -0.303 e. The van der Waals surface area contributed by atoms with Crippen LogP contribution in [0.15, 0.2) is 18.3 Å². The van der Waals surface area contributed by atoms with Crippen molar-refractivity contribution < 1.29 is 0 Å². The second-order valence-electron chi connectivity index (χ2n) is 5.93. The van der Waals surface area contributed by atoms with Crippen molar-refractivity contribution in [1.29, 1.82) is 0 Å². The van der Waals surface area contributed by atoms with E-state index in [1.165, 1.54) is 38.9 Å². The highest BCUT2D eigenvalue weighted by molar-refractivity contribution is 6.30. The van der Waals surface area contributed by atoms with E-state index in [0.717, 1.165) is 24.1 Å². The highest BCUT2D eigenvalue weighted by Crippen LogP contribution is 2.30. The summed E-state index contributed by atoms with van der Waals surface area (Å²) in [7, 11) is 2.28. The summed E-state index contributed by atoms with van der Waals surface area (Å²) in [5.41, 5.74) is 1.16. The maximum absolute atomic E-state index is 6.16. The number of nitrogens with zero attached hydrogens (tertiary/aromatic N) is 3. The summed E-state index contributed by atoms with van der Waals surface area (Å²) in [6.45, 7) is 4.60. The van der Waals surface area contributed by atoms with E-state index in [-0.39, 0.29) is 0 Å². The Bertz CT molecular complexity index is 437. The molecule has 0 aliphatic carbocycles. The quantitative estimate of drug-likeness (QED) is 0.776. The molecule has 3 heterocycles. The van der Waals surface area contributed by atoms with Gasteiger partial charge in [-0.15, -0.1) is 0 Å². The third-order valence-electron chi connectivity index (χ3n) is 4.66. The SMILES string of the molecule is CN1CCCC2CN(Cc3cccnc3Cl)CCC21. The lowest BCUT2D eigenvalue weighted by atomic mass is 9.84. The zero-order valence-corrected chi connectivity index (χ0v) is 12.3. The minimum absolute atomic E-state index is 0.658. The molecule has 4 heteroatoms. The average molecular weight is 280 g/mol. The van der Waals surface area contributed by atoms with Gasteiger partial charge in [-0.3, -0.25) is 4.90 Å². The van der Waals surface area contributed by atoms with E-state index in [9.17, 15) is 0 Å². The van der Waals surface area contributed by atoms with Crippen LogP contribution in [0.2, 0.25) is 5.15 Å². The summed E-state index contributed by atoms with van der Waals surface area (Å²) in [4.78, 5) is 9.27. The molecule has 0 radical (unpaired) electrons. The van der Waals surface area contributed by atoms with Gasteiger partial charge >= 0.3 is 0 Å². The van der Waals surface area contributed by atoms with Gasteiger partial charge in [0.1, 0.15) is 5.15 Å². The Kier molecular flexibility index (Phi) is 4.06. The molecule has 19 heavy (non-hydrogen) atoms. The summed E-state index contributed by atoms with van der Waals surface area (Å²) in [6.07, 6.45) is 5.78. The maximum atomic E-state index is 6.16. The predicted octanol–water partition coefficient (Wildman–Crippen LogP) is 2.65. The van der Waals surface area contributed by atoms with Crippen molar-refractivity contribution in [1.82, 2.24) is 14.8 Å². The molecule has 0 N–H and O–H groups in total. The smallest absolute Gasteiger partial charge is 0.133 e. The van der Waals surface area contributed by atoms with E-state index in [1.54, 1.807) is 6.20 Å². The summed E-state index contributed by atoms with van der Waals surface area (Å²) in [5.74, 6) is 0.836. The lowest BCUT2D eigenvalue weighted by molar-refractivity contribution is 0.0354. The molecule has 2 aliphatic heterocycles. The van der Waals surface area contributed by atoms with Gasteiger partial charge in [0, 0.05) is 30.9 Å². The fourth-order valence-corrected chi connectivity index (χ4v) is 3.83. The first-order valence-corrected chi connectivity index (χ1v) is 7.64. The van der Waals surface area contributed by atoms with Gasteiger partial charge in [0.25, 0.3) is 0 Å². The predicted molar refractivity (Wildman–Crippen MR) is 78.3 cm³/mol. The van der Waals surface area contributed by atoms with Crippen LogP contribution >= 0.6 is 11.6 Å². The Labute approximate surface area is 120 Å². The van der Waals surface area contributed by atoms with Crippen LogP contribution in [-0.4, -0.2) is 47.5 Å². The van der Waals surface area contributed by atoms with Crippen LogP contribution in [0.3, 0.4) is 0 Å². The molecule has 0 aromatic carbocycles. The molecule has 2 atom stereocenters. The second kappa shape index (κ2) is 5.78. The monoisotopic (exact) mass is 279 g/mol. The van der Waals surface area contributed by atoms with Gasteiger partial charge < -0.3 is 4.90 Å². The highest BCUT2D eigenvalue weighted by Gasteiger charge is 2.34. The van der Waals surface area contributed by atoms with Crippen LogP contribution in [0.5, 0.6) is 0 Å². The van der Waals surface area contributed by atoms with E-state index in [0.29, 0.717) is 5.15 Å². The van der Waals surface area contributed by atoms with Crippen molar-refractivity contribution >= 4 is 11.6 Å². The molecule has 1 aromatic heterocycles. The molecule has 0 saturated carbocycles. The maximum Gasteiger partial charge on any atom is 0.133 e. The van der Waals surface area contributed by atoms with Crippen molar-refractivity contribution in [2.75, 3.05) is 26.7 Å². The molecule has 3 nitrogen and oxygen atoms in total. The Morgan fingerprint density at radius 3 is 3.11 bits per heavy atom. The first-order chi connectivity index (χ1) is 9.24. The van der Waals surface area contributed by atoms with Crippen LogP contribution < -0.4 is 0 Å². The molecule has 0 spiro atoms. The third-order valence-corrected chi connectivity index (χ3v) is 5.00. The van der Waals surface area contributed by atoms with Crippen molar-refractivity contribution in [2.24, 2.45) is 5.92 Å². The van der Waals surface area contributed by atoms with Gasteiger partial charge in [-0.25, -0.2) is 4.98 Å². The Morgan fingerprint density at radius 2 is 2.26 bits per heavy atom. The number of fused-ring (bicyclic) bond motifs is 1. The fourth-order valence-electron chi connectivity index (χ4n) is 3.65. The number of hydrogen-bond donors (Lipinski definition) is 0. The number of aromatic nitrogens is 1. The zero-order valence-electron chi connectivity index (χ0n) is 11.6. The van der Waals surface area contributed by atoms with E-state index in [2.05, 4.69) is 27.9 Å². The van der Waals surface area contributed by atoms with Crippen LogP contribution in [0.4, 0.5) is 0 Å². The average Bonchev–Trinajstić information content (AvgIpc) is 2.42. The van der Waals surface area contributed by atoms with Crippen LogP contribution in [-0.2, 0) is 6.54 Å². The van der Waals surface area contributed by atoms with Gasteiger partial charge in [0.2, 0.25) is 0 Å². The number of pyridine rings is 1. The molecule has 2 unspecified atom stereocenters. The molecule has 104 valence electrons. The van der Waals surface area contributed by atoms with Crippen LogP contribution in [0.1, 0.15) is 24.8 Å².